The fraction of sp³-hybridized carbons (Fsp3) is 0.400. The van der Waals surface area contributed by atoms with Gasteiger partial charge in [-0.3, -0.25) is 0 Å². The van der Waals surface area contributed by atoms with Gasteiger partial charge >= 0.3 is 0 Å². The Hall–Kier alpha value is -1.39. The van der Waals surface area contributed by atoms with E-state index >= 15 is 0 Å². The molecule has 19 heavy (non-hydrogen) atoms. The second-order valence-corrected chi connectivity index (χ2v) is 5.82. The molecule has 0 amide bonds. The summed E-state index contributed by atoms with van der Waals surface area (Å²) < 4.78 is 5.83. The van der Waals surface area contributed by atoms with Gasteiger partial charge in [0.25, 0.3) is 0 Å². The first-order valence-corrected chi connectivity index (χ1v) is 7.56. The average Bonchev–Trinajstić information content (AvgIpc) is 2.85. The maximum absolute atomic E-state index is 5.83. The molecule has 1 aliphatic rings. The summed E-state index contributed by atoms with van der Waals surface area (Å²) in [5.41, 5.74) is 8.88. The maximum Gasteiger partial charge on any atom is 0.123 e. The zero-order valence-electron chi connectivity index (χ0n) is 11.1. The molecular weight excluding hydrogens is 256 g/mol. The molecule has 0 saturated heterocycles. The minimum absolute atomic E-state index is 0.244. The number of fused-ring (bicyclic) bond motifs is 1. The van der Waals surface area contributed by atoms with Gasteiger partial charge in [0.15, 0.2) is 0 Å². The number of hydrogen-bond donors (Lipinski definition) is 1. The Bertz CT molecular complexity index is 562. The van der Waals surface area contributed by atoms with Gasteiger partial charge in [-0.25, -0.2) is 4.98 Å². The molecular formula is C15H18N2OS. The van der Waals surface area contributed by atoms with Gasteiger partial charge in [-0.05, 0) is 50.5 Å². The van der Waals surface area contributed by atoms with Crippen molar-refractivity contribution in [3.63, 3.8) is 0 Å². The number of thiazole rings is 1. The molecule has 2 aromatic rings. The number of ether oxygens (including phenoxy) is 1. The largest absolute Gasteiger partial charge is 0.399 e. The lowest BCUT2D eigenvalue weighted by molar-refractivity contribution is 0.0524. The van der Waals surface area contributed by atoms with Gasteiger partial charge in [0.2, 0.25) is 0 Å². The molecule has 1 heterocycles. The molecule has 1 aromatic carbocycles. The van der Waals surface area contributed by atoms with Gasteiger partial charge in [0.1, 0.15) is 5.01 Å². The summed E-state index contributed by atoms with van der Waals surface area (Å²) >= 11 is 1.77. The molecule has 2 N–H and O–H groups in total. The average molecular weight is 274 g/mol. The highest BCUT2D eigenvalue weighted by Gasteiger charge is 2.25. The van der Waals surface area contributed by atoms with Crippen molar-refractivity contribution in [1.82, 2.24) is 4.98 Å². The second kappa shape index (κ2) is 5.31. The van der Waals surface area contributed by atoms with Crippen molar-refractivity contribution in [3.8, 4) is 10.6 Å². The number of aryl methyl sites for hydroxylation is 1. The zero-order valence-corrected chi connectivity index (χ0v) is 11.9. The standard InChI is InChI=1S/C15H18N2OS/c1-2-18-13-5-3-4-12-14(13)19-15(17-12)10-6-8-11(16)9-7-10/h6-9,13H,2-5,16H2,1H3. The SMILES string of the molecule is CCOC1CCCc2nc(-c3ccc(N)cc3)sc21. The summed E-state index contributed by atoms with van der Waals surface area (Å²) in [5, 5.41) is 1.08. The molecule has 1 unspecified atom stereocenters. The topological polar surface area (TPSA) is 48.1 Å². The molecule has 1 atom stereocenters. The highest BCUT2D eigenvalue weighted by molar-refractivity contribution is 7.15. The summed E-state index contributed by atoms with van der Waals surface area (Å²) in [7, 11) is 0. The van der Waals surface area contributed by atoms with Gasteiger partial charge in [-0.2, -0.15) is 0 Å². The van der Waals surface area contributed by atoms with E-state index in [4.69, 9.17) is 15.5 Å². The van der Waals surface area contributed by atoms with E-state index in [0.29, 0.717) is 0 Å². The molecule has 3 nitrogen and oxygen atoms in total. The van der Waals surface area contributed by atoms with Gasteiger partial charge in [0.05, 0.1) is 16.7 Å². The van der Waals surface area contributed by atoms with Crippen LogP contribution in [-0.2, 0) is 11.2 Å². The third-order valence-corrected chi connectivity index (χ3v) is 4.66. The van der Waals surface area contributed by atoms with Crippen molar-refractivity contribution in [1.29, 1.82) is 0 Å². The van der Waals surface area contributed by atoms with E-state index in [9.17, 15) is 0 Å². The highest BCUT2D eigenvalue weighted by atomic mass is 32.1. The maximum atomic E-state index is 5.83. The number of aromatic nitrogens is 1. The molecule has 0 bridgehead atoms. The lowest BCUT2D eigenvalue weighted by Gasteiger charge is -2.20. The molecule has 0 fully saturated rings. The number of hydrogen-bond acceptors (Lipinski definition) is 4. The van der Waals surface area contributed by atoms with Crippen LogP contribution in [0.3, 0.4) is 0 Å². The van der Waals surface area contributed by atoms with Crippen molar-refractivity contribution in [3.05, 3.63) is 34.8 Å². The number of nitrogens with zero attached hydrogens (tertiary/aromatic N) is 1. The molecule has 0 spiro atoms. The summed E-state index contributed by atoms with van der Waals surface area (Å²) in [6.45, 7) is 2.81. The summed E-state index contributed by atoms with van der Waals surface area (Å²) in [6, 6.07) is 7.93. The van der Waals surface area contributed by atoms with E-state index in [1.165, 1.54) is 17.0 Å². The minimum Gasteiger partial charge on any atom is -0.399 e. The molecule has 4 heteroatoms. The molecule has 100 valence electrons. The Morgan fingerprint density at radius 1 is 1.37 bits per heavy atom. The Kier molecular flexibility index (Phi) is 3.53. The molecule has 1 aliphatic carbocycles. The molecule has 0 radical (unpaired) electrons. The Morgan fingerprint density at radius 3 is 2.89 bits per heavy atom. The fourth-order valence-corrected chi connectivity index (χ4v) is 3.69. The van der Waals surface area contributed by atoms with E-state index in [2.05, 4.69) is 6.92 Å². The van der Waals surface area contributed by atoms with Crippen molar-refractivity contribution in [2.45, 2.75) is 32.3 Å². The number of anilines is 1. The van der Waals surface area contributed by atoms with Crippen LogP contribution in [0.2, 0.25) is 0 Å². The van der Waals surface area contributed by atoms with E-state index in [1.54, 1.807) is 11.3 Å². The quantitative estimate of drug-likeness (QED) is 0.866. The summed E-state index contributed by atoms with van der Waals surface area (Å²) in [5.74, 6) is 0. The van der Waals surface area contributed by atoms with Crippen LogP contribution in [0.5, 0.6) is 0 Å². The minimum atomic E-state index is 0.244. The summed E-state index contributed by atoms with van der Waals surface area (Å²) in [4.78, 5) is 6.10. The fourth-order valence-electron chi connectivity index (χ4n) is 2.49. The first-order valence-electron chi connectivity index (χ1n) is 6.75. The van der Waals surface area contributed by atoms with Crippen molar-refractivity contribution in [2.24, 2.45) is 0 Å². The van der Waals surface area contributed by atoms with Crippen molar-refractivity contribution < 1.29 is 4.74 Å². The van der Waals surface area contributed by atoms with Gasteiger partial charge in [-0.15, -0.1) is 11.3 Å². The van der Waals surface area contributed by atoms with E-state index in [-0.39, 0.29) is 6.10 Å². The molecule has 3 rings (SSSR count). The van der Waals surface area contributed by atoms with Gasteiger partial charge in [0, 0.05) is 17.9 Å². The molecule has 0 aliphatic heterocycles. The van der Waals surface area contributed by atoms with Crippen LogP contribution in [0.25, 0.3) is 10.6 Å². The van der Waals surface area contributed by atoms with Gasteiger partial charge < -0.3 is 10.5 Å². The van der Waals surface area contributed by atoms with Crippen LogP contribution in [0.1, 0.15) is 36.4 Å². The van der Waals surface area contributed by atoms with Crippen LogP contribution in [0.15, 0.2) is 24.3 Å². The highest BCUT2D eigenvalue weighted by Crippen LogP contribution is 2.39. The first-order chi connectivity index (χ1) is 9.28. The smallest absolute Gasteiger partial charge is 0.123 e. The Labute approximate surface area is 117 Å². The van der Waals surface area contributed by atoms with Crippen LogP contribution in [0.4, 0.5) is 5.69 Å². The van der Waals surface area contributed by atoms with Crippen molar-refractivity contribution in [2.75, 3.05) is 12.3 Å². The van der Waals surface area contributed by atoms with Crippen LogP contribution < -0.4 is 5.73 Å². The number of rotatable bonds is 3. The van der Waals surface area contributed by atoms with E-state index in [0.717, 1.165) is 35.7 Å². The number of nitrogens with two attached hydrogens (primary N) is 1. The van der Waals surface area contributed by atoms with Gasteiger partial charge in [-0.1, -0.05) is 0 Å². The third-order valence-electron chi connectivity index (χ3n) is 3.43. The first kappa shape index (κ1) is 12.6. The van der Waals surface area contributed by atoms with E-state index < -0.39 is 0 Å². The normalized spacial score (nSPS) is 18.3. The second-order valence-electron chi connectivity index (χ2n) is 4.79. The molecule has 1 aromatic heterocycles. The van der Waals surface area contributed by atoms with Crippen LogP contribution in [-0.4, -0.2) is 11.6 Å². The van der Waals surface area contributed by atoms with Crippen molar-refractivity contribution >= 4 is 17.0 Å². The lowest BCUT2D eigenvalue weighted by atomic mass is 10.0. The zero-order chi connectivity index (χ0) is 13.2. The van der Waals surface area contributed by atoms with Crippen LogP contribution >= 0.6 is 11.3 Å². The van der Waals surface area contributed by atoms with Crippen LogP contribution in [0, 0.1) is 0 Å². The Morgan fingerprint density at radius 2 is 2.16 bits per heavy atom. The Balaban J connectivity index is 1.95. The lowest BCUT2D eigenvalue weighted by Crippen LogP contribution is -2.10. The number of nitrogen functional groups attached to an aromatic ring is 1. The monoisotopic (exact) mass is 274 g/mol. The summed E-state index contributed by atoms with van der Waals surface area (Å²) in [6.07, 6.45) is 3.60. The predicted octanol–water partition coefficient (Wildman–Crippen LogP) is 3.81. The predicted molar refractivity (Wildman–Crippen MR) is 79.3 cm³/mol. The third kappa shape index (κ3) is 2.51. The molecule has 0 saturated carbocycles. The number of benzene rings is 1. The van der Waals surface area contributed by atoms with E-state index in [1.807, 2.05) is 24.3 Å².